The van der Waals surface area contributed by atoms with Gasteiger partial charge in [0.2, 0.25) is 11.6 Å². The topological polar surface area (TPSA) is 98.2 Å². The Morgan fingerprint density at radius 3 is 2.90 bits per heavy atom. The average molecular weight is 291 g/mol. The molecule has 3 rings (SSSR count). The monoisotopic (exact) mass is 291 g/mol. The van der Waals surface area contributed by atoms with Gasteiger partial charge in [-0.15, -0.1) is 11.3 Å². The summed E-state index contributed by atoms with van der Waals surface area (Å²) in [7, 11) is 0. The van der Waals surface area contributed by atoms with Crippen LogP contribution in [0.25, 0.3) is 0 Å². The minimum atomic E-state index is -0.505. The molecular formula is C12H13N5O2S. The Morgan fingerprint density at radius 2 is 2.30 bits per heavy atom. The average Bonchev–Trinajstić information content (AvgIpc) is 3.12. The number of nitro groups is 1. The zero-order chi connectivity index (χ0) is 14.1. The van der Waals surface area contributed by atoms with Gasteiger partial charge in [-0.1, -0.05) is 6.07 Å². The Balaban J connectivity index is 1.99. The predicted molar refractivity (Wildman–Crippen MR) is 76.6 cm³/mol. The van der Waals surface area contributed by atoms with Gasteiger partial charge < -0.3 is 10.6 Å². The minimum Gasteiger partial charge on any atom is -0.378 e. The molecule has 2 aromatic heterocycles. The van der Waals surface area contributed by atoms with Crippen molar-refractivity contribution in [3.63, 3.8) is 0 Å². The van der Waals surface area contributed by atoms with Gasteiger partial charge in [-0.3, -0.25) is 10.1 Å². The van der Waals surface area contributed by atoms with Crippen molar-refractivity contribution >= 4 is 28.7 Å². The maximum Gasteiger partial charge on any atom is 0.353 e. The van der Waals surface area contributed by atoms with Gasteiger partial charge in [-0.05, 0) is 24.3 Å². The van der Waals surface area contributed by atoms with E-state index in [4.69, 9.17) is 5.73 Å². The maximum absolute atomic E-state index is 11.2. The minimum absolute atomic E-state index is 0.0863. The third-order valence-electron chi connectivity index (χ3n) is 3.18. The molecular weight excluding hydrogens is 278 g/mol. The van der Waals surface area contributed by atoms with Gasteiger partial charge in [-0.2, -0.15) is 0 Å². The van der Waals surface area contributed by atoms with Crippen LogP contribution in [0.15, 0.2) is 23.8 Å². The van der Waals surface area contributed by atoms with Gasteiger partial charge in [0.15, 0.2) is 0 Å². The summed E-state index contributed by atoms with van der Waals surface area (Å²) in [5.41, 5.74) is 5.44. The number of rotatable bonds is 5. The molecule has 0 aliphatic heterocycles. The van der Waals surface area contributed by atoms with Crippen LogP contribution < -0.4 is 10.6 Å². The van der Waals surface area contributed by atoms with Crippen LogP contribution in [0.3, 0.4) is 0 Å². The van der Waals surface area contributed by atoms with Crippen molar-refractivity contribution < 1.29 is 4.92 Å². The first-order valence-corrected chi connectivity index (χ1v) is 7.08. The molecule has 0 amide bonds. The zero-order valence-corrected chi connectivity index (χ0v) is 11.4. The second-order valence-electron chi connectivity index (χ2n) is 4.63. The molecule has 0 unspecified atom stereocenters. The molecule has 7 nitrogen and oxygen atoms in total. The SMILES string of the molecule is Nc1ncnc(N(Cc2cccs2)C2CC2)c1[N+](=O)[O-]. The van der Waals surface area contributed by atoms with Crippen LogP contribution in [-0.2, 0) is 6.54 Å². The Bertz CT molecular complexity index is 627. The fraction of sp³-hybridized carbons (Fsp3) is 0.333. The van der Waals surface area contributed by atoms with Crippen molar-refractivity contribution in [1.29, 1.82) is 0 Å². The highest BCUT2D eigenvalue weighted by atomic mass is 32.1. The van der Waals surface area contributed by atoms with Gasteiger partial charge in [0.25, 0.3) is 0 Å². The molecule has 8 heteroatoms. The molecule has 0 aromatic carbocycles. The Kier molecular flexibility index (Phi) is 3.23. The van der Waals surface area contributed by atoms with E-state index in [-0.39, 0.29) is 11.5 Å². The molecule has 1 aliphatic rings. The van der Waals surface area contributed by atoms with Gasteiger partial charge in [0.1, 0.15) is 6.33 Å². The van der Waals surface area contributed by atoms with E-state index >= 15 is 0 Å². The number of thiophene rings is 1. The lowest BCUT2D eigenvalue weighted by atomic mass is 10.3. The second kappa shape index (κ2) is 5.04. The molecule has 1 aliphatic carbocycles. The maximum atomic E-state index is 11.2. The first kappa shape index (κ1) is 12.8. The number of aromatic nitrogens is 2. The predicted octanol–water partition coefficient (Wildman–Crippen LogP) is 2.20. The highest BCUT2D eigenvalue weighted by Gasteiger charge is 2.35. The zero-order valence-electron chi connectivity index (χ0n) is 10.6. The molecule has 2 N–H and O–H groups in total. The summed E-state index contributed by atoms with van der Waals surface area (Å²) in [4.78, 5) is 21.6. The van der Waals surface area contributed by atoms with Crippen molar-refractivity contribution in [2.45, 2.75) is 25.4 Å². The summed E-state index contributed by atoms with van der Waals surface area (Å²) in [6, 6.07) is 4.27. The van der Waals surface area contributed by atoms with E-state index in [1.807, 2.05) is 22.4 Å². The van der Waals surface area contributed by atoms with Crippen LogP contribution in [0, 0.1) is 10.1 Å². The fourth-order valence-corrected chi connectivity index (χ4v) is 2.80. The van der Waals surface area contributed by atoms with Gasteiger partial charge >= 0.3 is 5.69 Å². The number of hydrogen-bond donors (Lipinski definition) is 1. The van der Waals surface area contributed by atoms with Crippen LogP contribution >= 0.6 is 11.3 Å². The van der Waals surface area contributed by atoms with Crippen molar-refractivity contribution in [1.82, 2.24) is 9.97 Å². The van der Waals surface area contributed by atoms with Crippen LogP contribution in [0.4, 0.5) is 17.3 Å². The van der Waals surface area contributed by atoms with E-state index in [1.165, 1.54) is 6.33 Å². The lowest BCUT2D eigenvalue weighted by Gasteiger charge is -2.22. The van der Waals surface area contributed by atoms with Gasteiger partial charge in [0.05, 0.1) is 11.5 Å². The normalized spacial score (nSPS) is 14.2. The number of hydrogen-bond acceptors (Lipinski definition) is 7. The van der Waals surface area contributed by atoms with Crippen molar-refractivity contribution in [3.8, 4) is 0 Å². The van der Waals surface area contributed by atoms with Crippen molar-refractivity contribution in [2.75, 3.05) is 10.6 Å². The molecule has 0 spiro atoms. The Hall–Kier alpha value is -2.22. The quantitative estimate of drug-likeness (QED) is 0.669. The molecule has 0 radical (unpaired) electrons. The van der Waals surface area contributed by atoms with Crippen LogP contribution in [0.1, 0.15) is 17.7 Å². The van der Waals surface area contributed by atoms with E-state index in [9.17, 15) is 10.1 Å². The summed E-state index contributed by atoms with van der Waals surface area (Å²) in [6.45, 7) is 0.611. The molecule has 0 saturated heterocycles. The van der Waals surface area contributed by atoms with Crippen LogP contribution in [-0.4, -0.2) is 20.9 Å². The first-order valence-electron chi connectivity index (χ1n) is 6.20. The molecule has 2 aromatic rings. The summed E-state index contributed by atoms with van der Waals surface area (Å²) < 4.78 is 0. The molecule has 0 atom stereocenters. The Morgan fingerprint density at radius 1 is 1.50 bits per heavy atom. The van der Waals surface area contributed by atoms with Crippen LogP contribution in [0.5, 0.6) is 0 Å². The van der Waals surface area contributed by atoms with Crippen molar-refractivity contribution in [2.24, 2.45) is 0 Å². The van der Waals surface area contributed by atoms with E-state index in [1.54, 1.807) is 11.3 Å². The lowest BCUT2D eigenvalue weighted by molar-refractivity contribution is -0.383. The highest BCUT2D eigenvalue weighted by Crippen LogP contribution is 2.38. The Labute approximate surface area is 119 Å². The molecule has 1 saturated carbocycles. The largest absolute Gasteiger partial charge is 0.378 e. The highest BCUT2D eigenvalue weighted by molar-refractivity contribution is 7.09. The second-order valence-corrected chi connectivity index (χ2v) is 5.66. The van der Waals surface area contributed by atoms with Crippen molar-refractivity contribution in [3.05, 3.63) is 38.8 Å². The molecule has 104 valence electrons. The third kappa shape index (κ3) is 2.42. The fourth-order valence-electron chi connectivity index (χ4n) is 2.10. The standard InChI is InChI=1S/C12H13N5O2S/c13-11-10(17(18)19)12(15-7-14-11)16(8-3-4-8)6-9-2-1-5-20-9/h1-2,5,7-8H,3-4,6H2,(H2,13,14,15). The summed E-state index contributed by atoms with van der Waals surface area (Å²) in [6.07, 6.45) is 3.32. The smallest absolute Gasteiger partial charge is 0.353 e. The third-order valence-corrected chi connectivity index (χ3v) is 4.04. The molecule has 1 fully saturated rings. The summed E-state index contributed by atoms with van der Waals surface area (Å²) in [5.74, 6) is 0.232. The van der Waals surface area contributed by atoms with E-state index in [0.717, 1.165) is 17.7 Å². The summed E-state index contributed by atoms with van der Waals surface area (Å²) >= 11 is 1.62. The molecule has 2 heterocycles. The van der Waals surface area contributed by atoms with Gasteiger partial charge in [-0.25, -0.2) is 9.97 Å². The van der Waals surface area contributed by atoms with Gasteiger partial charge in [0, 0.05) is 10.9 Å². The van der Waals surface area contributed by atoms with E-state index in [2.05, 4.69) is 9.97 Å². The number of nitrogens with two attached hydrogens (primary N) is 1. The summed E-state index contributed by atoms with van der Waals surface area (Å²) in [5, 5.41) is 13.2. The number of nitrogens with zero attached hydrogens (tertiary/aromatic N) is 4. The van der Waals surface area contributed by atoms with E-state index < -0.39 is 4.92 Å². The van der Waals surface area contributed by atoms with Crippen LogP contribution in [0.2, 0.25) is 0 Å². The van der Waals surface area contributed by atoms with E-state index in [0.29, 0.717) is 18.4 Å². The first-order chi connectivity index (χ1) is 9.66. The molecule has 20 heavy (non-hydrogen) atoms. The lowest BCUT2D eigenvalue weighted by Crippen LogP contribution is -2.27. The number of nitrogen functional groups attached to an aromatic ring is 1. The molecule has 0 bridgehead atoms. The number of anilines is 2.